The molecule has 1 aromatic rings. The third-order valence-corrected chi connectivity index (χ3v) is 1.23. The van der Waals surface area contributed by atoms with Crippen molar-refractivity contribution in [2.75, 3.05) is 0 Å². The molecule has 0 aliphatic rings. The minimum absolute atomic E-state index is 0.0384. The van der Waals surface area contributed by atoms with Crippen LogP contribution in [0.5, 0.6) is 0 Å². The maximum absolute atomic E-state index is 10.9. The van der Waals surface area contributed by atoms with Crippen molar-refractivity contribution in [2.24, 2.45) is 0 Å². The Morgan fingerprint density at radius 2 is 2.45 bits per heavy atom. The Hall–Kier alpha value is -1.45. The Labute approximate surface area is 63.3 Å². The first-order valence-electron chi connectivity index (χ1n) is 3.21. The van der Waals surface area contributed by atoms with Crippen LogP contribution in [0, 0.1) is 0 Å². The van der Waals surface area contributed by atoms with Crippen LogP contribution >= 0.6 is 0 Å². The number of H-pyrrole nitrogens is 1. The second kappa shape index (κ2) is 3.09. The van der Waals surface area contributed by atoms with E-state index in [9.17, 15) is 9.59 Å². The summed E-state index contributed by atoms with van der Waals surface area (Å²) in [6.07, 6.45) is 2.95. The first kappa shape index (κ1) is 7.65. The van der Waals surface area contributed by atoms with Crippen molar-refractivity contribution >= 4 is 5.78 Å². The maximum atomic E-state index is 10.9. The molecule has 1 rings (SSSR count). The lowest BCUT2D eigenvalue weighted by molar-refractivity contribution is -0.116. The molecule has 0 aliphatic heterocycles. The molecule has 0 radical (unpaired) electrons. The summed E-state index contributed by atoms with van der Waals surface area (Å²) in [6.45, 7) is 1.44. The molecule has 0 bridgehead atoms. The lowest BCUT2D eigenvalue weighted by atomic mass is 10.2. The fraction of sp³-hybridized carbons (Fsp3) is 0.286. The van der Waals surface area contributed by atoms with Crippen molar-refractivity contribution in [3.8, 4) is 0 Å². The number of ketones is 1. The van der Waals surface area contributed by atoms with E-state index in [1.807, 2.05) is 0 Å². The molecule has 0 spiro atoms. The molecule has 0 unspecified atom stereocenters. The number of aromatic amines is 1. The lowest BCUT2D eigenvalue weighted by Crippen LogP contribution is -2.14. The van der Waals surface area contributed by atoms with Crippen molar-refractivity contribution in [1.29, 1.82) is 0 Å². The summed E-state index contributed by atoms with van der Waals surface area (Å²) in [5.74, 6) is -0.0384. The Morgan fingerprint density at radius 1 is 1.73 bits per heavy atom. The standard InChI is InChI=1S/C7H8N2O2/c1-5(10)2-6-3-8-4-9-7(6)11/h3-4H,2H2,1H3,(H,8,9,11). The zero-order valence-electron chi connectivity index (χ0n) is 6.13. The second-order valence-electron chi connectivity index (χ2n) is 2.28. The molecule has 1 heterocycles. The zero-order chi connectivity index (χ0) is 8.27. The Kier molecular flexibility index (Phi) is 2.15. The Bertz CT molecular complexity index is 316. The van der Waals surface area contributed by atoms with Gasteiger partial charge in [-0.3, -0.25) is 9.59 Å². The van der Waals surface area contributed by atoms with Gasteiger partial charge < -0.3 is 4.98 Å². The van der Waals surface area contributed by atoms with E-state index in [4.69, 9.17) is 0 Å². The minimum Gasteiger partial charge on any atom is -0.352 e. The number of rotatable bonds is 2. The number of aromatic nitrogens is 2. The number of nitrogens with one attached hydrogen (secondary N) is 1. The number of hydrogen-bond acceptors (Lipinski definition) is 3. The van der Waals surface area contributed by atoms with Gasteiger partial charge in [0.25, 0.3) is 5.56 Å². The van der Waals surface area contributed by atoms with Crippen LogP contribution in [-0.2, 0) is 11.2 Å². The van der Waals surface area contributed by atoms with Crippen LogP contribution in [0.3, 0.4) is 0 Å². The first-order valence-corrected chi connectivity index (χ1v) is 3.21. The van der Waals surface area contributed by atoms with Gasteiger partial charge in [-0.15, -0.1) is 0 Å². The summed E-state index contributed by atoms with van der Waals surface area (Å²) < 4.78 is 0. The molecule has 0 amide bonds. The smallest absolute Gasteiger partial charge is 0.276 e. The van der Waals surface area contributed by atoms with Crippen LogP contribution in [0.1, 0.15) is 12.5 Å². The molecule has 0 fully saturated rings. The molecule has 11 heavy (non-hydrogen) atoms. The van der Waals surface area contributed by atoms with E-state index in [1.54, 1.807) is 0 Å². The van der Waals surface area contributed by atoms with E-state index in [0.717, 1.165) is 0 Å². The van der Waals surface area contributed by atoms with Crippen LogP contribution in [-0.4, -0.2) is 15.8 Å². The third-order valence-electron chi connectivity index (χ3n) is 1.23. The van der Waals surface area contributed by atoms with Gasteiger partial charge in [-0.2, -0.15) is 4.98 Å². The van der Waals surface area contributed by atoms with Crippen LogP contribution in [0.2, 0.25) is 0 Å². The van der Waals surface area contributed by atoms with E-state index < -0.39 is 0 Å². The Balaban J connectivity index is 2.95. The van der Waals surface area contributed by atoms with Crippen molar-refractivity contribution < 1.29 is 4.79 Å². The first-order chi connectivity index (χ1) is 5.20. The normalized spacial score (nSPS) is 9.55. The van der Waals surface area contributed by atoms with Crippen LogP contribution < -0.4 is 5.56 Å². The highest BCUT2D eigenvalue weighted by Gasteiger charge is 2.01. The van der Waals surface area contributed by atoms with Gasteiger partial charge >= 0.3 is 0 Å². The molecule has 0 atom stereocenters. The maximum Gasteiger partial charge on any atom is 0.276 e. The molecule has 0 saturated carbocycles. The average Bonchev–Trinajstić information content (AvgIpc) is 1.93. The van der Waals surface area contributed by atoms with Crippen LogP contribution in [0.4, 0.5) is 0 Å². The van der Waals surface area contributed by atoms with Crippen molar-refractivity contribution in [3.05, 3.63) is 28.4 Å². The second-order valence-corrected chi connectivity index (χ2v) is 2.28. The zero-order valence-corrected chi connectivity index (χ0v) is 6.13. The lowest BCUT2D eigenvalue weighted by Gasteiger charge is -1.92. The molecule has 0 aliphatic carbocycles. The molecule has 58 valence electrons. The van der Waals surface area contributed by atoms with Gasteiger partial charge in [0.15, 0.2) is 0 Å². The van der Waals surface area contributed by atoms with Gasteiger partial charge in [0, 0.05) is 18.2 Å². The van der Waals surface area contributed by atoms with Gasteiger partial charge in [0.05, 0.1) is 6.33 Å². The fourth-order valence-corrected chi connectivity index (χ4v) is 0.773. The summed E-state index contributed by atoms with van der Waals surface area (Å²) in [5, 5.41) is 0. The quantitative estimate of drug-likeness (QED) is 0.643. The Morgan fingerprint density at radius 3 is 3.00 bits per heavy atom. The molecule has 0 aromatic carbocycles. The van der Waals surface area contributed by atoms with Gasteiger partial charge in [-0.25, -0.2) is 0 Å². The summed E-state index contributed by atoms with van der Waals surface area (Å²) in [7, 11) is 0. The fourth-order valence-electron chi connectivity index (χ4n) is 0.773. The largest absolute Gasteiger partial charge is 0.352 e. The molecule has 1 N–H and O–H groups in total. The number of nitrogens with zero attached hydrogens (tertiary/aromatic N) is 1. The summed E-state index contributed by atoms with van der Waals surface area (Å²) >= 11 is 0. The van der Waals surface area contributed by atoms with E-state index in [0.29, 0.717) is 5.56 Å². The van der Waals surface area contributed by atoms with Gasteiger partial charge in [0.1, 0.15) is 5.78 Å². The topological polar surface area (TPSA) is 62.8 Å². The predicted octanol–water partition coefficient (Wildman–Crippen LogP) is -0.0986. The number of Topliss-reactive ketones (excluding diaryl/α,β-unsaturated/α-hetero) is 1. The molecular formula is C7H8N2O2. The van der Waals surface area contributed by atoms with Crippen molar-refractivity contribution in [2.45, 2.75) is 13.3 Å². The predicted molar refractivity (Wildman–Crippen MR) is 39.2 cm³/mol. The monoisotopic (exact) mass is 152 g/mol. The molecule has 4 nitrogen and oxygen atoms in total. The molecule has 0 saturated heterocycles. The average molecular weight is 152 g/mol. The number of hydrogen-bond donors (Lipinski definition) is 1. The highest BCUT2D eigenvalue weighted by molar-refractivity contribution is 5.77. The van der Waals surface area contributed by atoms with Gasteiger partial charge in [0.2, 0.25) is 0 Å². The van der Waals surface area contributed by atoms with E-state index in [2.05, 4.69) is 9.97 Å². The summed E-state index contributed by atoms with van der Waals surface area (Å²) in [6, 6.07) is 0. The van der Waals surface area contributed by atoms with Crippen molar-refractivity contribution in [1.82, 2.24) is 9.97 Å². The highest BCUT2D eigenvalue weighted by Crippen LogP contribution is 1.88. The third kappa shape index (κ3) is 2.00. The van der Waals surface area contributed by atoms with E-state index in [1.165, 1.54) is 19.4 Å². The SMILES string of the molecule is CC(=O)Cc1c[nH]cnc1=O. The van der Waals surface area contributed by atoms with Crippen LogP contribution in [0.15, 0.2) is 17.3 Å². The molecule has 4 heteroatoms. The highest BCUT2D eigenvalue weighted by atomic mass is 16.1. The van der Waals surface area contributed by atoms with Gasteiger partial charge in [-0.1, -0.05) is 0 Å². The molecular weight excluding hydrogens is 144 g/mol. The number of carbonyl (C=O) groups excluding carboxylic acids is 1. The van der Waals surface area contributed by atoms with Gasteiger partial charge in [-0.05, 0) is 6.92 Å². The van der Waals surface area contributed by atoms with E-state index >= 15 is 0 Å². The summed E-state index contributed by atoms with van der Waals surface area (Å²) in [5.41, 5.74) is 0.0824. The molecule has 1 aromatic heterocycles. The summed E-state index contributed by atoms with van der Waals surface area (Å²) in [4.78, 5) is 27.6. The van der Waals surface area contributed by atoms with E-state index in [-0.39, 0.29) is 17.8 Å². The van der Waals surface area contributed by atoms with Crippen LogP contribution in [0.25, 0.3) is 0 Å². The minimum atomic E-state index is -0.334. The number of carbonyl (C=O) groups is 1. The van der Waals surface area contributed by atoms with Crippen molar-refractivity contribution in [3.63, 3.8) is 0 Å².